The second-order valence-electron chi connectivity index (χ2n) is 7.79. The van der Waals surface area contributed by atoms with Crippen molar-refractivity contribution in [2.75, 3.05) is 23.7 Å². The largest absolute Gasteiger partial charge is 0.324 e. The van der Waals surface area contributed by atoms with E-state index in [9.17, 15) is 9.59 Å². The monoisotopic (exact) mass is 381 g/mol. The van der Waals surface area contributed by atoms with Crippen LogP contribution in [0, 0.1) is 11.8 Å². The van der Waals surface area contributed by atoms with Gasteiger partial charge in [-0.1, -0.05) is 18.2 Å². The number of hydrogen-bond donors (Lipinski definition) is 2. The molecule has 2 heterocycles. The Kier molecular flexibility index (Phi) is 5.32. The van der Waals surface area contributed by atoms with Gasteiger partial charge >= 0.3 is 6.03 Å². The molecule has 1 saturated carbocycles. The highest BCUT2D eigenvalue weighted by atomic mass is 16.2. The number of para-hydroxylation sites is 1. The van der Waals surface area contributed by atoms with E-state index in [4.69, 9.17) is 0 Å². The van der Waals surface area contributed by atoms with Gasteiger partial charge in [0.05, 0.1) is 12.2 Å². The lowest BCUT2D eigenvalue weighted by atomic mass is 9.96. The zero-order chi connectivity index (χ0) is 19.5. The number of piperidine rings is 1. The Morgan fingerprint density at radius 2 is 1.75 bits per heavy atom. The summed E-state index contributed by atoms with van der Waals surface area (Å²) >= 11 is 0. The van der Waals surface area contributed by atoms with Crippen molar-refractivity contribution in [1.29, 1.82) is 0 Å². The predicted molar refractivity (Wildman–Crippen MR) is 108 cm³/mol. The zero-order valence-electron chi connectivity index (χ0n) is 16.2. The fourth-order valence-corrected chi connectivity index (χ4v) is 3.81. The van der Waals surface area contributed by atoms with Crippen LogP contribution in [0.2, 0.25) is 0 Å². The van der Waals surface area contributed by atoms with Crippen LogP contribution in [0.25, 0.3) is 0 Å². The van der Waals surface area contributed by atoms with Gasteiger partial charge in [0, 0.05) is 30.8 Å². The average molecular weight is 381 g/mol. The molecule has 28 heavy (non-hydrogen) atoms. The Morgan fingerprint density at radius 3 is 2.43 bits per heavy atom. The van der Waals surface area contributed by atoms with Gasteiger partial charge in [0.25, 0.3) is 0 Å². The van der Waals surface area contributed by atoms with Crippen molar-refractivity contribution >= 4 is 23.4 Å². The molecule has 1 aromatic heterocycles. The maximum atomic E-state index is 12.7. The molecule has 2 N–H and O–H groups in total. The van der Waals surface area contributed by atoms with Gasteiger partial charge in [-0.25, -0.2) is 9.48 Å². The molecule has 4 rings (SSSR count). The van der Waals surface area contributed by atoms with Crippen molar-refractivity contribution in [3.05, 3.63) is 42.6 Å². The molecule has 0 bridgehead atoms. The van der Waals surface area contributed by atoms with E-state index in [0.29, 0.717) is 37.9 Å². The van der Waals surface area contributed by atoms with Crippen molar-refractivity contribution in [1.82, 2.24) is 14.7 Å². The molecule has 7 nitrogen and oxygen atoms in total. The van der Waals surface area contributed by atoms with Gasteiger partial charge in [-0.15, -0.1) is 0 Å². The SMILES string of the molecule is CC(C1CC1)n1nccc1NC(=O)C1CCN(C(=O)Nc2ccccc2)CC1. The highest BCUT2D eigenvalue weighted by molar-refractivity contribution is 5.92. The molecular formula is C21H27N5O2. The van der Waals surface area contributed by atoms with Crippen LogP contribution in [-0.4, -0.2) is 39.7 Å². The third-order valence-electron chi connectivity index (χ3n) is 5.79. The van der Waals surface area contributed by atoms with Crippen molar-refractivity contribution < 1.29 is 9.59 Å². The fourth-order valence-electron chi connectivity index (χ4n) is 3.81. The topological polar surface area (TPSA) is 79.3 Å². The Hall–Kier alpha value is -2.83. The van der Waals surface area contributed by atoms with Crippen LogP contribution in [0.4, 0.5) is 16.3 Å². The Balaban J connectivity index is 1.28. The summed E-state index contributed by atoms with van der Waals surface area (Å²) in [6.45, 7) is 3.31. The molecule has 1 unspecified atom stereocenters. The smallest absolute Gasteiger partial charge is 0.321 e. The molecule has 7 heteroatoms. The first-order chi connectivity index (χ1) is 13.6. The summed E-state index contributed by atoms with van der Waals surface area (Å²) in [5.41, 5.74) is 0.783. The lowest BCUT2D eigenvalue weighted by Crippen LogP contribution is -2.43. The number of hydrogen-bond acceptors (Lipinski definition) is 3. The molecule has 0 spiro atoms. The second-order valence-corrected chi connectivity index (χ2v) is 7.79. The van der Waals surface area contributed by atoms with E-state index >= 15 is 0 Å². The number of nitrogens with zero attached hydrogens (tertiary/aromatic N) is 3. The van der Waals surface area contributed by atoms with Crippen LogP contribution in [0.15, 0.2) is 42.6 Å². The molecule has 1 aromatic carbocycles. The van der Waals surface area contributed by atoms with E-state index in [2.05, 4.69) is 22.7 Å². The number of carbonyl (C=O) groups is 2. The summed E-state index contributed by atoms with van der Waals surface area (Å²) in [6, 6.07) is 11.5. The summed E-state index contributed by atoms with van der Waals surface area (Å²) in [5.74, 6) is 1.38. The van der Waals surface area contributed by atoms with E-state index < -0.39 is 0 Å². The van der Waals surface area contributed by atoms with Crippen LogP contribution in [0.1, 0.15) is 38.6 Å². The summed E-state index contributed by atoms with van der Waals surface area (Å²) in [7, 11) is 0. The van der Waals surface area contributed by atoms with Gasteiger partial charge < -0.3 is 15.5 Å². The van der Waals surface area contributed by atoms with Crippen LogP contribution in [-0.2, 0) is 4.79 Å². The van der Waals surface area contributed by atoms with Crippen LogP contribution in [0.3, 0.4) is 0 Å². The molecule has 148 valence electrons. The number of anilines is 2. The van der Waals surface area contributed by atoms with Gasteiger partial charge in [0.2, 0.25) is 5.91 Å². The number of benzene rings is 1. The van der Waals surface area contributed by atoms with E-state index in [1.807, 2.05) is 41.1 Å². The highest BCUT2D eigenvalue weighted by Gasteiger charge is 2.32. The van der Waals surface area contributed by atoms with Crippen molar-refractivity contribution in [3.63, 3.8) is 0 Å². The van der Waals surface area contributed by atoms with Crippen molar-refractivity contribution in [2.24, 2.45) is 11.8 Å². The maximum Gasteiger partial charge on any atom is 0.321 e. The number of carbonyl (C=O) groups excluding carboxylic acids is 2. The van der Waals surface area contributed by atoms with Crippen molar-refractivity contribution in [3.8, 4) is 0 Å². The van der Waals surface area contributed by atoms with Gasteiger partial charge in [-0.05, 0) is 50.7 Å². The number of nitrogens with one attached hydrogen (secondary N) is 2. The second kappa shape index (κ2) is 8.04. The highest BCUT2D eigenvalue weighted by Crippen LogP contribution is 2.40. The summed E-state index contributed by atoms with van der Waals surface area (Å²) in [6.07, 6.45) is 5.54. The first-order valence-corrected chi connectivity index (χ1v) is 10.1. The van der Waals surface area contributed by atoms with E-state index in [1.54, 1.807) is 11.1 Å². The fraction of sp³-hybridized carbons (Fsp3) is 0.476. The first kappa shape index (κ1) is 18.5. The Morgan fingerprint density at radius 1 is 1.04 bits per heavy atom. The minimum atomic E-state index is -0.110. The van der Waals surface area contributed by atoms with E-state index in [-0.39, 0.29) is 17.9 Å². The lowest BCUT2D eigenvalue weighted by Gasteiger charge is -2.31. The third-order valence-corrected chi connectivity index (χ3v) is 5.79. The molecule has 1 aliphatic heterocycles. The van der Waals surface area contributed by atoms with Crippen LogP contribution < -0.4 is 10.6 Å². The normalized spacial score (nSPS) is 18.5. The third kappa shape index (κ3) is 4.18. The molecular weight excluding hydrogens is 354 g/mol. The number of amides is 3. The molecule has 0 radical (unpaired) electrons. The lowest BCUT2D eigenvalue weighted by molar-refractivity contribution is -0.121. The summed E-state index contributed by atoms with van der Waals surface area (Å²) < 4.78 is 1.93. The number of likely N-dealkylation sites (tertiary alicyclic amines) is 1. The molecule has 2 fully saturated rings. The van der Waals surface area contributed by atoms with E-state index in [1.165, 1.54) is 12.8 Å². The maximum absolute atomic E-state index is 12.7. The summed E-state index contributed by atoms with van der Waals surface area (Å²) in [4.78, 5) is 26.9. The minimum Gasteiger partial charge on any atom is -0.324 e. The first-order valence-electron chi connectivity index (χ1n) is 10.1. The molecule has 3 amide bonds. The minimum absolute atomic E-state index is 0.0212. The number of rotatable bonds is 5. The summed E-state index contributed by atoms with van der Waals surface area (Å²) in [5, 5.41) is 10.3. The van der Waals surface area contributed by atoms with Crippen molar-refractivity contribution in [2.45, 2.75) is 38.6 Å². The Labute approximate surface area is 165 Å². The zero-order valence-corrected chi connectivity index (χ0v) is 16.2. The predicted octanol–water partition coefficient (Wildman–Crippen LogP) is 3.74. The molecule has 2 aliphatic rings. The standard InChI is InChI=1S/C21H27N5O2/c1-15(16-7-8-16)26-19(9-12-22-26)24-20(27)17-10-13-25(14-11-17)21(28)23-18-5-3-2-4-6-18/h2-6,9,12,15-17H,7-8,10-11,13-14H2,1H3,(H,23,28)(H,24,27). The van der Waals surface area contributed by atoms with Crippen LogP contribution >= 0.6 is 0 Å². The number of urea groups is 1. The molecule has 2 aromatic rings. The Bertz CT molecular complexity index is 822. The molecule has 1 aliphatic carbocycles. The van der Waals surface area contributed by atoms with Gasteiger partial charge in [0.15, 0.2) is 0 Å². The van der Waals surface area contributed by atoms with Gasteiger partial charge in [0.1, 0.15) is 5.82 Å². The number of aromatic nitrogens is 2. The van der Waals surface area contributed by atoms with Gasteiger partial charge in [-0.3, -0.25) is 4.79 Å². The van der Waals surface area contributed by atoms with Crippen LogP contribution in [0.5, 0.6) is 0 Å². The van der Waals surface area contributed by atoms with Gasteiger partial charge in [-0.2, -0.15) is 5.10 Å². The average Bonchev–Trinajstić information content (AvgIpc) is 3.47. The molecule has 1 saturated heterocycles. The van der Waals surface area contributed by atoms with E-state index in [0.717, 1.165) is 11.5 Å². The molecule has 1 atom stereocenters. The quantitative estimate of drug-likeness (QED) is 0.828.